The predicted octanol–water partition coefficient (Wildman–Crippen LogP) is 3.40. The molecule has 2 aromatic carbocycles. The fourth-order valence-corrected chi connectivity index (χ4v) is 1.35. The fraction of sp³-hybridized carbons (Fsp3) is 0.0769. The van der Waals surface area contributed by atoms with Crippen molar-refractivity contribution in [3.63, 3.8) is 0 Å². The van der Waals surface area contributed by atoms with Crippen LogP contribution in [0.1, 0.15) is 0 Å². The number of hydrogen-bond acceptors (Lipinski definition) is 2. The third-order valence-corrected chi connectivity index (χ3v) is 2.15. The van der Waals surface area contributed by atoms with E-state index in [1.807, 2.05) is 48.5 Å². The topological polar surface area (TPSA) is 52.0 Å². The molecule has 0 aromatic heterocycles. The van der Waals surface area contributed by atoms with Gasteiger partial charge < -0.3 is 11.5 Å². The summed E-state index contributed by atoms with van der Waals surface area (Å²) in [7, 11) is 0. The maximum atomic E-state index is 9.62. The van der Waals surface area contributed by atoms with Crippen LogP contribution in [0.2, 0.25) is 0 Å². The van der Waals surface area contributed by atoms with Crippen molar-refractivity contribution in [3.8, 4) is 11.1 Å². The minimum atomic E-state index is -1.75. The Morgan fingerprint density at radius 1 is 0.647 bits per heavy atom. The van der Waals surface area contributed by atoms with Gasteiger partial charge in [0.2, 0.25) is 6.93 Å². The van der Waals surface area contributed by atoms with Crippen molar-refractivity contribution in [1.82, 2.24) is 0 Å². The van der Waals surface area contributed by atoms with Crippen LogP contribution < -0.4 is 11.5 Å². The monoisotopic (exact) mass is 236 g/mol. The summed E-state index contributed by atoms with van der Waals surface area (Å²) >= 11 is 0. The Kier molecular flexibility index (Phi) is 4.94. The van der Waals surface area contributed by atoms with Gasteiger partial charge in [-0.2, -0.15) is 0 Å². The highest BCUT2D eigenvalue weighted by molar-refractivity contribution is 5.67. The number of alkyl halides is 2. The molecule has 0 aliphatic carbocycles. The molecule has 0 heterocycles. The van der Waals surface area contributed by atoms with E-state index in [1.165, 1.54) is 0 Å². The molecule has 0 atom stereocenters. The number of rotatable bonds is 1. The first-order chi connectivity index (χ1) is 8.17. The summed E-state index contributed by atoms with van der Waals surface area (Å²) in [6, 6.07) is 15.6. The molecular weight excluding hydrogens is 222 g/mol. The number of hydrogen-bond donors (Lipinski definition) is 2. The second-order valence-corrected chi connectivity index (χ2v) is 3.35. The van der Waals surface area contributed by atoms with Gasteiger partial charge in [0.1, 0.15) is 0 Å². The summed E-state index contributed by atoms with van der Waals surface area (Å²) in [4.78, 5) is 0. The Labute approximate surface area is 98.9 Å². The second kappa shape index (κ2) is 6.48. The average Bonchev–Trinajstić information content (AvgIpc) is 2.32. The highest BCUT2D eigenvalue weighted by Crippen LogP contribution is 2.21. The first kappa shape index (κ1) is 13.0. The summed E-state index contributed by atoms with van der Waals surface area (Å²) in [5, 5.41) is 0. The molecule has 0 saturated heterocycles. The highest BCUT2D eigenvalue weighted by Gasteiger charge is 1.95. The van der Waals surface area contributed by atoms with E-state index in [9.17, 15) is 8.78 Å². The van der Waals surface area contributed by atoms with Gasteiger partial charge in [0, 0.05) is 11.4 Å². The summed E-state index contributed by atoms with van der Waals surface area (Å²) in [5.74, 6) is 0. The lowest BCUT2D eigenvalue weighted by Gasteiger charge is -2.02. The van der Waals surface area contributed by atoms with Crippen LogP contribution >= 0.6 is 0 Å². The number of anilines is 2. The molecule has 0 bridgehead atoms. The normalized spacial score (nSPS) is 9.29. The van der Waals surface area contributed by atoms with E-state index in [1.54, 1.807) is 0 Å². The van der Waals surface area contributed by atoms with E-state index >= 15 is 0 Å². The first-order valence-electron chi connectivity index (χ1n) is 5.00. The van der Waals surface area contributed by atoms with E-state index in [0.717, 1.165) is 22.5 Å². The van der Waals surface area contributed by atoms with Gasteiger partial charge in [0.05, 0.1) is 0 Å². The lowest BCUT2D eigenvalue weighted by Crippen LogP contribution is -1.85. The zero-order chi connectivity index (χ0) is 12.7. The van der Waals surface area contributed by atoms with Crippen LogP contribution in [0.3, 0.4) is 0 Å². The summed E-state index contributed by atoms with van der Waals surface area (Å²) in [5.41, 5.74) is 15.1. The standard InChI is InChI=1S/C12H12N2.CH2F2/c13-11-5-1-9(2-6-11)10-3-7-12(14)8-4-10;2-1-3/h1-8H,13-14H2;1H2. The maximum absolute atomic E-state index is 9.62. The first-order valence-corrected chi connectivity index (χ1v) is 5.00. The van der Waals surface area contributed by atoms with Crippen molar-refractivity contribution in [2.24, 2.45) is 0 Å². The highest BCUT2D eigenvalue weighted by atomic mass is 19.3. The van der Waals surface area contributed by atoms with Crippen molar-refractivity contribution in [2.45, 2.75) is 0 Å². The van der Waals surface area contributed by atoms with Crippen LogP contribution in [0.15, 0.2) is 48.5 Å². The lowest BCUT2D eigenvalue weighted by atomic mass is 10.1. The Morgan fingerprint density at radius 3 is 1.12 bits per heavy atom. The maximum Gasteiger partial charge on any atom is 0.229 e. The molecule has 90 valence electrons. The summed E-state index contributed by atoms with van der Waals surface area (Å²) in [6.45, 7) is -1.75. The van der Waals surface area contributed by atoms with Crippen LogP contribution in [0.4, 0.5) is 20.2 Å². The van der Waals surface area contributed by atoms with Crippen LogP contribution in [-0.2, 0) is 0 Å². The summed E-state index contributed by atoms with van der Waals surface area (Å²) < 4.78 is 19.2. The molecule has 0 unspecified atom stereocenters. The molecular formula is C13H14F2N2. The Balaban J connectivity index is 0.000000437. The van der Waals surface area contributed by atoms with E-state index in [-0.39, 0.29) is 0 Å². The van der Waals surface area contributed by atoms with Crippen LogP contribution in [0, 0.1) is 0 Å². The largest absolute Gasteiger partial charge is 0.399 e. The second-order valence-electron chi connectivity index (χ2n) is 3.35. The number of nitrogens with two attached hydrogens (primary N) is 2. The molecule has 4 N–H and O–H groups in total. The molecule has 0 amide bonds. The van der Waals surface area contributed by atoms with Crippen molar-refractivity contribution in [1.29, 1.82) is 0 Å². The van der Waals surface area contributed by atoms with Crippen LogP contribution in [0.5, 0.6) is 0 Å². The molecule has 0 radical (unpaired) electrons. The third-order valence-electron chi connectivity index (χ3n) is 2.15. The average molecular weight is 236 g/mol. The molecule has 4 heteroatoms. The quantitative estimate of drug-likeness (QED) is 0.745. The lowest BCUT2D eigenvalue weighted by molar-refractivity contribution is 0.295. The van der Waals surface area contributed by atoms with Crippen molar-refractivity contribution < 1.29 is 8.78 Å². The molecule has 0 spiro atoms. The van der Waals surface area contributed by atoms with Gasteiger partial charge in [0.25, 0.3) is 0 Å². The number of benzene rings is 2. The van der Waals surface area contributed by atoms with Gasteiger partial charge >= 0.3 is 0 Å². The molecule has 0 saturated carbocycles. The Morgan fingerprint density at radius 2 is 0.882 bits per heavy atom. The minimum Gasteiger partial charge on any atom is -0.399 e. The third kappa shape index (κ3) is 4.10. The molecule has 17 heavy (non-hydrogen) atoms. The van der Waals surface area contributed by atoms with Gasteiger partial charge in [-0.25, -0.2) is 8.78 Å². The molecule has 2 rings (SSSR count). The summed E-state index contributed by atoms with van der Waals surface area (Å²) in [6.07, 6.45) is 0. The fourth-order valence-electron chi connectivity index (χ4n) is 1.35. The van der Waals surface area contributed by atoms with Crippen molar-refractivity contribution in [3.05, 3.63) is 48.5 Å². The molecule has 0 aliphatic rings. The van der Waals surface area contributed by atoms with E-state index in [0.29, 0.717) is 0 Å². The molecule has 2 aromatic rings. The van der Waals surface area contributed by atoms with Crippen LogP contribution in [0.25, 0.3) is 11.1 Å². The van der Waals surface area contributed by atoms with Gasteiger partial charge in [-0.15, -0.1) is 0 Å². The Bertz CT molecular complexity index is 394. The molecule has 2 nitrogen and oxygen atoms in total. The molecule has 0 aliphatic heterocycles. The Hall–Kier alpha value is -2.10. The number of nitrogen functional groups attached to an aromatic ring is 2. The smallest absolute Gasteiger partial charge is 0.229 e. The van der Waals surface area contributed by atoms with Crippen LogP contribution in [-0.4, -0.2) is 6.93 Å². The van der Waals surface area contributed by atoms with E-state index < -0.39 is 6.93 Å². The van der Waals surface area contributed by atoms with Gasteiger partial charge in [-0.1, -0.05) is 24.3 Å². The van der Waals surface area contributed by atoms with Gasteiger partial charge in [0.15, 0.2) is 0 Å². The zero-order valence-electron chi connectivity index (χ0n) is 9.24. The zero-order valence-corrected chi connectivity index (χ0v) is 9.24. The van der Waals surface area contributed by atoms with E-state index in [2.05, 4.69) is 0 Å². The van der Waals surface area contributed by atoms with Gasteiger partial charge in [-0.3, -0.25) is 0 Å². The van der Waals surface area contributed by atoms with E-state index in [4.69, 9.17) is 11.5 Å². The SMILES string of the molecule is FCF.Nc1ccc(-c2ccc(N)cc2)cc1. The minimum absolute atomic E-state index is 0.782. The molecule has 0 fully saturated rings. The van der Waals surface area contributed by atoms with Crippen molar-refractivity contribution in [2.75, 3.05) is 18.4 Å². The predicted molar refractivity (Wildman–Crippen MR) is 67.8 cm³/mol. The van der Waals surface area contributed by atoms with Gasteiger partial charge in [-0.05, 0) is 35.4 Å². The number of halogens is 2. The van der Waals surface area contributed by atoms with Crippen molar-refractivity contribution >= 4 is 11.4 Å².